The molecule has 0 bridgehead atoms. The number of benzene rings is 1. The minimum absolute atomic E-state index is 0.277. The van der Waals surface area contributed by atoms with Gasteiger partial charge >= 0.3 is 6.01 Å². The summed E-state index contributed by atoms with van der Waals surface area (Å²) >= 11 is 0. The summed E-state index contributed by atoms with van der Waals surface area (Å²) in [5.41, 5.74) is 8.37. The maximum absolute atomic E-state index is 5.76. The van der Waals surface area contributed by atoms with Crippen LogP contribution < -0.4 is 10.6 Å². The van der Waals surface area contributed by atoms with Gasteiger partial charge in [-0.2, -0.15) is 4.98 Å². The molecule has 1 aliphatic carbocycles. The van der Waals surface area contributed by atoms with Crippen molar-refractivity contribution in [1.29, 1.82) is 0 Å². The second kappa shape index (κ2) is 8.16. The molecule has 0 spiro atoms. The Kier molecular flexibility index (Phi) is 5.33. The van der Waals surface area contributed by atoms with Gasteiger partial charge in [-0.25, -0.2) is 9.97 Å². The lowest BCUT2D eigenvalue weighted by Gasteiger charge is -2.33. The summed E-state index contributed by atoms with van der Waals surface area (Å²) in [5, 5.41) is 4.44. The first-order valence-corrected chi connectivity index (χ1v) is 11.5. The van der Waals surface area contributed by atoms with Crippen LogP contribution in [0.2, 0.25) is 0 Å². The average molecular weight is 434 g/mol. The van der Waals surface area contributed by atoms with Crippen LogP contribution in [0.1, 0.15) is 45.0 Å². The molecule has 1 atom stereocenters. The molecule has 2 fully saturated rings. The number of nitrogen functional groups attached to an aromatic ring is 1. The van der Waals surface area contributed by atoms with E-state index in [4.69, 9.17) is 15.2 Å². The Balaban J connectivity index is 1.37. The molecule has 168 valence electrons. The lowest BCUT2D eigenvalue weighted by molar-refractivity contribution is 0.241. The minimum Gasteiger partial charge on any atom is -0.368 e. The van der Waals surface area contributed by atoms with Crippen molar-refractivity contribution in [2.75, 3.05) is 36.8 Å². The molecule has 8 nitrogen and oxygen atoms in total. The van der Waals surface area contributed by atoms with Gasteiger partial charge in [0.2, 0.25) is 5.95 Å². The van der Waals surface area contributed by atoms with Crippen LogP contribution in [-0.4, -0.2) is 57.2 Å². The fraction of sp³-hybridized carbons (Fsp3) is 0.500. The van der Waals surface area contributed by atoms with Gasteiger partial charge in [-0.3, -0.25) is 4.90 Å². The molecule has 1 aromatic carbocycles. The summed E-state index contributed by atoms with van der Waals surface area (Å²) in [4.78, 5) is 17.9. The quantitative estimate of drug-likeness (QED) is 0.632. The fourth-order valence-corrected chi connectivity index (χ4v) is 4.49. The van der Waals surface area contributed by atoms with Crippen LogP contribution in [0.3, 0.4) is 0 Å². The van der Waals surface area contributed by atoms with Crippen LogP contribution in [0.15, 0.2) is 41.2 Å². The van der Waals surface area contributed by atoms with Crippen molar-refractivity contribution in [2.45, 2.75) is 45.1 Å². The highest BCUT2D eigenvalue weighted by Gasteiger charge is 2.38. The Morgan fingerprint density at radius 2 is 1.66 bits per heavy atom. The van der Waals surface area contributed by atoms with Crippen molar-refractivity contribution < 1.29 is 4.52 Å². The number of aromatic nitrogens is 4. The molecular weight excluding hydrogens is 402 g/mol. The summed E-state index contributed by atoms with van der Waals surface area (Å²) in [5.74, 6) is 1.29. The van der Waals surface area contributed by atoms with Crippen LogP contribution in [0.5, 0.6) is 0 Å². The first-order chi connectivity index (χ1) is 15.4. The number of nitrogens with zero attached hydrogens (tertiary/aromatic N) is 6. The van der Waals surface area contributed by atoms with Crippen molar-refractivity contribution in [1.82, 2.24) is 25.0 Å². The van der Waals surface area contributed by atoms with Crippen molar-refractivity contribution in [2.24, 2.45) is 5.92 Å². The van der Waals surface area contributed by atoms with Crippen molar-refractivity contribution in [3.05, 3.63) is 48.0 Å². The number of nitrogens with two attached hydrogens (primary N) is 1. The molecule has 3 aromatic rings. The number of piperazine rings is 1. The Morgan fingerprint density at radius 1 is 1.00 bits per heavy atom. The molecule has 1 saturated carbocycles. The molecule has 3 heterocycles. The normalized spacial score (nSPS) is 19.3. The van der Waals surface area contributed by atoms with E-state index in [0.29, 0.717) is 6.01 Å². The molecule has 1 saturated heterocycles. The first-order valence-electron chi connectivity index (χ1n) is 11.5. The fourth-order valence-electron chi connectivity index (χ4n) is 4.49. The van der Waals surface area contributed by atoms with E-state index in [0.717, 1.165) is 54.7 Å². The van der Waals surface area contributed by atoms with Crippen LogP contribution in [0.25, 0.3) is 11.1 Å². The van der Waals surface area contributed by atoms with Gasteiger partial charge in [0.15, 0.2) is 5.82 Å². The van der Waals surface area contributed by atoms with E-state index >= 15 is 0 Å². The van der Waals surface area contributed by atoms with E-state index in [-0.39, 0.29) is 17.3 Å². The monoisotopic (exact) mass is 433 g/mol. The third-order valence-corrected chi connectivity index (χ3v) is 7.17. The van der Waals surface area contributed by atoms with Crippen molar-refractivity contribution in [3.8, 4) is 11.1 Å². The molecule has 0 amide bonds. The maximum Gasteiger partial charge on any atom is 0.324 e. The van der Waals surface area contributed by atoms with Gasteiger partial charge in [0.25, 0.3) is 0 Å². The molecule has 2 aliphatic rings. The van der Waals surface area contributed by atoms with Gasteiger partial charge in [0.1, 0.15) is 0 Å². The van der Waals surface area contributed by atoms with Crippen LogP contribution in [0.4, 0.5) is 12.0 Å². The third kappa shape index (κ3) is 3.83. The summed E-state index contributed by atoms with van der Waals surface area (Å²) in [6, 6.07) is 9.89. The zero-order chi connectivity index (χ0) is 22.3. The van der Waals surface area contributed by atoms with Gasteiger partial charge in [-0.15, -0.1) is 0 Å². The molecule has 2 N–H and O–H groups in total. The summed E-state index contributed by atoms with van der Waals surface area (Å²) < 4.78 is 5.76. The first kappa shape index (κ1) is 20.9. The number of hydrogen-bond acceptors (Lipinski definition) is 8. The summed E-state index contributed by atoms with van der Waals surface area (Å²) in [6.07, 6.45) is 6.18. The molecule has 8 heteroatoms. The summed E-state index contributed by atoms with van der Waals surface area (Å²) in [7, 11) is 0. The Labute approximate surface area is 188 Å². The van der Waals surface area contributed by atoms with Crippen molar-refractivity contribution >= 4 is 12.0 Å². The molecule has 5 rings (SSSR count). The molecule has 1 unspecified atom stereocenters. The highest BCUT2D eigenvalue weighted by atomic mass is 16.5. The average Bonchev–Trinajstić information content (AvgIpc) is 3.55. The topological polar surface area (TPSA) is 97.2 Å². The Morgan fingerprint density at radius 3 is 2.25 bits per heavy atom. The lowest BCUT2D eigenvalue weighted by Crippen LogP contribution is -2.47. The number of hydrogen-bond donors (Lipinski definition) is 1. The van der Waals surface area contributed by atoms with Gasteiger partial charge in [0.05, 0.1) is 5.41 Å². The smallest absolute Gasteiger partial charge is 0.324 e. The Hall–Kier alpha value is -3.00. The zero-order valence-corrected chi connectivity index (χ0v) is 19.0. The van der Waals surface area contributed by atoms with Gasteiger partial charge in [-0.1, -0.05) is 43.3 Å². The van der Waals surface area contributed by atoms with Crippen LogP contribution in [-0.2, 0) is 5.41 Å². The Bertz CT molecular complexity index is 1050. The van der Waals surface area contributed by atoms with Gasteiger partial charge < -0.3 is 15.2 Å². The summed E-state index contributed by atoms with van der Waals surface area (Å²) in [6.45, 7) is 10.6. The van der Waals surface area contributed by atoms with Gasteiger partial charge in [-0.05, 0) is 36.8 Å². The second-order valence-corrected chi connectivity index (χ2v) is 9.42. The highest BCUT2D eigenvalue weighted by molar-refractivity contribution is 5.62. The predicted octanol–water partition coefficient (Wildman–Crippen LogP) is 3.36. The molecule has 1 aliphatic heterocycles. The van der Waals surface area contributed by atoms with E-state index in [1.54, 1.807) is 12.4 Å². The second-order valence-electron chi connectivity index (χ2n) is 9.42. The lowest BCUT2D eigenvalue weighted by atomic mass is 9.72. The molecule has 32 heavy (non-hydrogen) atoms. The maximum atomic E-state index is 5.76. The molecule has 2 aromatic heterocycles. The highest BCUT2D eigenvalue weighted by Crippen LogP contribution is 2.39. The van der Waals surface area contributed by atoms with Crippen molar-refractivity contribution in [3.63, 3.8) is 0 Å². The largest absolute Gasteiger partial charge is 0.368 e. The van der Waals surface area contributed by atoms with E-state index < -0.39 is 0 Å². The van der Waals surface area contributed by atoms with E-state index in [1.807, 2.05) is 0 Å². The third-order valence-electron chi connectivity index (χ3n) is 7.17. The van der Waals surface area contributed by atoms with Crippen LogP contribution in [0, 0.1) is 5.92 Å². The standard InChI is InChI=1S/C24H31N7O/c1-16(2)24(3,19-6-4-17(5-7-19)18-14-26-22(25)27-15-18)21-28-23(32-29-21)31-12-10-30(11-13-31)20-8-9-20/h4-7,14-16,20H,8-13H2,1-3H3,(H2,25,26,27). The SMILES string of the molecule is CC(C)C(C)(c1ccc(-c2cnc(N)nc2)cc1)c1noc(N2CCN(C3CC3)CC2)n1. The number of anilines is 2. The molecule has 0 radical (unpaired) electrons. The van der Waals surface area contributed by atoms with Crippen LogP contribution >= 0.6 is 0 Å². The van der Waals surface area contributed by atoms with E-state index in [1.165, 1.54) is 12.8 Å². The zero-order valence-electron chi connectivity index (χ0n) is 19.0. The minimum atomic E-state index is -0.367. The van der Waals surface area contributed by atoms with E-state index in [2.05, 4.69) is 70.0 Å². The van der Waals surface area contributed by atoms with E-state index in [9.17, 15) is 0 Å². The predicted molar refractivity (Wildman–Crippen MR) is 124 cm³/mol. The van der Waals surface area contributed by atoms with Gasteiger partial charge in [0, 0.05) is 50.2 Å². The molecular formula is C24H31N7O. The number of rotatable bonds is 6.